The van der Waals surface area contributed by atoms with Gasteiger partial charge < -0.3 is 14.4 Å². The maximum absolute atomic E-state index is 14.0. The molecule has 2 aliphatic heterocycles. The molecule has 0 N–H and O–H groups in total. The Hall–Kier alpha value is -3.69. The number of piperazine rings is 1. The van der Waals surface area contributed by atoms with Gasteiger partial charge in [0.1, 0.15) is 12.4 Å². The minimum Gasteiger partial charge on any atom is -0.489 e. The Morgan fingerprint density at radius 3 is 2.07 bits per heavy atom. The molecule has 43 heavy (non-hydrogen) atoms. The van der Waals surface area contributed by atoms with Crippen LogP contribution in [0.25, 0.3) is 11.1 Å². The second-order valence-corrected chi connectivity index (χ2v) is 13.0. The minimum atomic E-state index is -3.67. The molecule has 4 aromatic carbocycles. The van der Waals surface area contributed by atoms with Gasteiger partial charge in [-0.25, -0.2) is 8.42 Å². The zero-order valence-corrected chi connectivity index (χ0v) is 25.2. The van der Waals surface area contributed by atoms with Crippen molar-refractivity contribution in [2.75, 3.05) is 57.4 Å². The highest BCUT2D eigenvalue weighted by atomic mass is 32.2. The van der Waals surface area contributed by atoms with Crippen LogP contribution in [0.3, 0.4) is 0 Å². The van der Waals surface area contributed by atoms with E-state index in [4.69, 9.17) is 9.47 Å². The number of anilines is 1. The SMILES string of the molecule is O=S(=O)(c1ccc(-c2ccccc2)cc1)N1CCN(c2ccc(OCc3ccccc3)cc2)CC1CCN1CCOCC1. The lowest BCUT2D eigenvalue weighted by Gasteiger charge is -2.42. The van der Waals surface area contributed by atoms with Gasteiger partial charge in [-0.3, -0.25) is 4.90 Å². The highest BCUT2D eigenvalue weighted by molar-refractivity contribution is 7.89. The van der Waals surface area contributed by atoms with E-state index < -0.39 is 10.0 Å². The lowest BCUT2D eigenvalue weighted by atomic mass is 10.1. The van der Waals surface area contributed by atoms with Crippen LogP contribution in [0.1, 0.15) is 12.0 Å². The Labute approximate surface area is 255 Å². The van der Waals surface area contributed by atoms with Crippen molar-refractivity contribution in [3.8, 4) is 16.9 Å². The first-order valence-corrected chi connectivity index (χ1v) is 16.5. The van der Waals surface area contributed by atoms with Crippen molar-refractivity contribution in [3.05, 3.63) is 115 Å². The third kappa shape index (κ3) is 7.28. The lowest BCUT2D eigenvalue weighted by molar-refractivity contribution is 0.0347. The Morgan fingerprint density at radius 2 is 1.37 bits per heavy atom. The van der Waals surface area contributed by atoms with E-state index in [9.17, 15) is 8.42 Å². The molecule has 2 fully saturated rings. The highest BCUT2D eigenvalue weighted by Gasteiger charge is 2.36. The maximum atomic E-state index is 14.0. The third-order valence-corrected chi connectivity index (χ3v) is 10.3. The summed E-state index contributed by atoms with van der Waals surface area (Å²) in [5.74, 6) is 0.816. The van der Waals surface area contributed by atoms with Gasteiger partial charge in [0.05, 0.1) is 18.1 Å². The summed E-state index contributed by atoms with van der Waals surface area (Å²) in [4.78, 5) is 5.02. The fourth-order valence-corrected chi connectivity index (χ4v) is 7.50. The summed E-state index contributed by atoms with van der Waals surface area (Å²) in [6.07, 6.45) is 0.760. The van der Waals surface area contributed by atoms with E-state index in [1.807, 2.05) is 72.8 Å². The predicted molar refractivity (Wildman–Crippen MR) is 171 cm³/mol. The number of hydrogen-bond donors (Lipinski definition) is 0. The summed E-state index contributed by atoms with van der Waals surface area (Å²) in [6.45, 7) is 6.28. The van der Waals surface area contributed by atoms with E-state index in [0.717, 1.165) is 67.4 Å². The van der Waals surface area contributed by atoms with Crippen LogP contribution in [0.4, 0.5) is 5.69 Å². The van der Waals surface area contributed by atoms with E-state index in [0.29, 0.717) is 31.1 Å². The molecule has 2 aliphatic rings. The third-order valence-electron chi connectivity index (χ3n) is 8.33. The van der Waals surface area contributed by atoms with Gasteiger partial charge in [-0.05, 0) is 66.1 Å². The molecule has 0 saturated carbocycles. The topological polar surface area (TPSA) is 62.3 Å². The monoisotopic (exact) mass is 597 g/mol. The summed E-state index contributed by atoms with van der Waals surface area (Å²) in [6, 6.07) is 35.5. The highest BCUT2D eigenvalue weighted by Crippen LogP contribution is 2.29. The zero-order valence-electron chi connectivity index (χ0n) is 24.4. The number of morpholine rings is 1. The van der Waals surface area contributed by atoms with Gasteiger partial charge in [0.25, 0.3) is 0 Å². The van der Waals surface area contributed by atoms with E-state index in [1.54, 1.807) is 16.4 Å². The van der Waals surface area contributed by atoms with E-state index in [1.165, 1.54) is 0 Å². The van der Waals surface area contributed by atoms with Crippen molar-refractivity contribution < 1.29 is 17.9 Å². The first kappa shape index (κ1) is 29.4. The molecule has 0 bridgehead atoms. The van der Waals surface area contributed by atoms with Crippen molar-refractivity contribution in [3.63, 3.8) is 0 Å². The van der Waals surface area contributed by atoms with Crippen molar-refractivity contribution in [1.82, 2.24) is 9.21 Å². The fraction of sp³-hybridized carbons (Fsp3) is 0.314. The second kappa shape index (κ2) is 13.7. The summed E-state index contributed by atoms with van der Waals surface area (Å²) in [5.41, 5.74) is 4.28. The molecular weight excluding hydrogens is 558 g/mol. The van der Waals surface area contributed by atoms with Crippen LogP contribution in [0.5, 0.6) is 5.75 Å². The Morgan fingerprint density at radius 1 is 0.721 bits per heavy atom. The van der Waals surface area contributed by atoms with Crippen LogP contribution in [0.2, 0.25) is 0 Å². The van der Waals surface area contributed by atoms with Crippen molar-refractivity contribution in [2.24, 2.45) is 0 Å². The van der Waals surface area contributed by atoms with Gasteiger partial charge in [-0.2, -0.15) is 4.31 Å². The van der Waals surface area contributed by atoms with Crippen LogP contribution < -0.4 is 9.64 Å². The predicted octanol–water partition coefficient (Wildman–Crippen LogP) is 5.53. The normalized spacial score (nSPS) is 18.4. The number of ether oxygens (including phenoxy) is 2. The molecule has 0 aromatic heterocycles. The molecule has 4 aromatic rings. The van der Waals surface area contributed by atoms with Crippen LogP contribution in [0, 0.1) is 0 Å². The molecule has 0 spiro atoms. The minimum absolute atomic E-state index is 0.149. The molecule has 7 nitrogen and oxygen atoms in total. The molecule has 0 amide bonds. The maximum Gasteiger partial charge on any atom is 0.243 e. The molecule has 2 saturated heterocycles. The molecule has 0 radical (unpaired) electrons. The summed E-state index contributed by atoms with van der Waals surface area (Å²) < 4.78 is 41.3. The number of sulfonamides is 1. The van der Waals surface area contributed by atoms with E-state index in [-0.39, 0.29) is 6.04 Å². The molecule has 6 rings (SSSR count). The molecule has 2 heterocycles. The Balaban J connectivity index is 1.17. The molecule has 1 atom stereocenters. The lowest BCUT2D eigenvalue weighted by Crippen LogP contribution is -2.56. The zero-order chi connectivity index (χ0) is 29.5. The van der Waals surface area contributed by atoms with Crippen LogP contribution in [-0.2, 0) is 21.4 Å². The first-order valence-electron chi connectivity index (χ1n) is 15.1. The van der Waals surface area contributed by atoms with E-state index in [2.05, 4.69) is 34.1 Å². The number of nitrogens with zero attached hydrogens (tertiary/aromatic N) is 3. The molecule has 0 aliphatic carbocycles. The van der Waals surface area contributed by atoms with E-state index >= 15 is 0 Å². The summed E-state index contributed by atoms with van der Waals surface area (Å²) >= 11 is 0. The molecule has 8 heteroatoms. The molecule has 224 valence electrons. The first-order chi connectivity index (χ1) is 21.1. The van der Waals surface area contributed by atoms with Gasteiger partial charge in [0, 0.05) is 44.5 Å². The number of rotatable bonds is 10. The largest absolute Gasteiger partial charge is 0.489 e. The van der Waals surface area contributed by atoms with Gasteiger partial charge >= 0.3 is 0 Å². The van der Waals surface area contributed by atoms with Crippen LogP contribution in [0.15, 0.2) is 114 Å². The standard InChI is InChI=1S/C35H39N3O4S/c39-43(40,35-17-11-31(12-18-35)30-9-5-2-6-10-30)38-22-21-37(27-33(38)19-20-36-23-25-41-26-24-36)32-13-15-34(16-14-32)42-28-29-7-3-1-4-8-29/h1-18,33H,19-28H2. The Bertz CT molecular complexity index is 1540. The average Bonchev–Trinajstić information content (AvgIpc) is 3.08. The van der Waals surface area contributed by atoms with Gasteiger partial charge in [0.2, 0.25) is 10.0 Å². The van der Waals surface area contributed by atoms with Crippen LogP contribution >= 0.6 is 0 Å². The summed E-state index contributed by atoms with van der Waals surface area (Å²) in [7, 11) is -3.67. The van der Waals surface area contributed by atoms with Crippen molar-refractivity contribution in [1.29, 1.82) is 0 Å². The number of benzene rings is 4. The fourth-order valence-electron chi connectivity index (χ4n) is 5.86. The number of hydrogen-bond acceptors (Lipinski definition) is 6. The van der Waals surface area contributed by atoms with Gasteiger partial charge in [0.15, 0.2) is 0 Å². The van der Waals surface area contributed by atoms with Crippen molar-refractivity contribution >= 4 is 15.7 Å². The van der Waals surface area contributed by atoms with Crippen LogP contribution in [-0.4, -0.2) is 76.1 Å². The van der Waals surface area contributed by atoms with Crippen molar-refractivity contribution in [2.45, 2.75) is 24.0 Å². The Kier molecular flexibility index (Phi) is 9.39. The molecule has 1 unspecified atom stereocenters. The quantitative estimate of drug-likeness (QED) is 0.240. The average molecular weight is 598 g/mol. The van der Waals surface area contributed by atoms with Gasteiger partial charge in [-0.1, -0.05) is 72.8 Å². The van der Waals surface area contributed by atoms with Gasteiger partial charge in [-0.15, -0.1) is 0 Å². The molecular formula is C35H39N3O4S. The second-order valence-electron chi connectivity index (χ2n) is 11.1. The summed E-state index contributed by atoms with van der Waals surface area (Å²) in [5, 5.41) is 0. The smallest absolute Gasteiger partial charge is 0.243 e.